The van der Waals surface area contributed by atoms with E-state index in [-0.39, 0.29) is 105 Å². The summed E-state index contributed by atoms with van der Waals surface area (Å²) < 4.78 is 31.3. The van der Waals surface area contributed by atoms with Gasteiger partial charge in [0.1, 0.15) is 35.9 Å². The van der Waals surface area contributed by atoms with Gasteiger partial charge in [-0.25, -0.2) is 18.6 Å². The van der Waals surface area contributed by atoms with Crippen molar-refractivity contribution < 1.29 is 62.1 Å². The molecule has 4 aromatic rings. The zero-order valence-corrected chi connectivity index (χ0v) is 46.2. The van der Waals surface area contributed by atoms with E-state index in [0.29, 0.717) is 36.2 Å². The molecular weight excluding hydrogens is 1030 g/mol. The first-order chi connectivity index (χ1) is 37.9. The Bertz CT molecular complexity index is 2870. The molecule has 0 saturated heterocycles. The molecule has 21 heteroatoms. The van der Waals surface area contributed by atoms with Gasteiger partial charge in [0.15, 0.2) is 5.78 Å². The van der Waals surface area contributed by atoms with Crippen molar-refractivity contribution in [3.63, 3.8) is 0 Å². The number of nitrogens with two attached hydrogens (primary N) is 1. The first kappa shape index (κ1) is 63.1. The number of nitrogens with zero attached hydrogens (tertiary/aromatic N) is 4. The minimum absolute atomic E-state index is 0.00195. The van der Waals surface area contributed by atoms with Crippen LogP contribution in [0.5, 0.6) is 0 Å². The Morgan fingerprint density at radius 3 is 2.10 bits per heavy atom. The number of benzene rings is 3. The summed E-state index contributed by atoms with van der Waals surface area (Å²) in [6, 6.07) is 14.5. The predicted molar refractivity (Wildman–Crippen MR) is 293 cm³/mol. The third kappa shape index (κ3) is 18.4. The van der Waals surface area contributed by atoms with Crippen LogP contribution in [0.1, 0.15) is 115 Å². The minimum Gasteiger partial charge on any atom is -0.480 e. The summed E-state index contributed by atoms with van der Waals surface area (Å²) in [5.74, 6) is -6.79. The lowest BCUT2D eigenvalue weighted by Crippen LogP contribution is -2.48. The van der Waals surface area contributed by atoms with Crippen LogP contribution in [0.15, 0.2) is 91.1 Å². The second-order valence-corrected chi connectivity index (χ2v) is 21.6. The standard InChI is InChI=1S/C59H74F2N8O11/c1-36(2)43(32-42(71)15-11-8-12-27-68-51(74)22-23-52(68)75)56(77)64-37(3)49(72)30-39-18-16-38(17-19-39)29-47(58(79)80)65-50(73)24-26-63-57(78)46(62)25-28-69(53(76)35-70)54(59(4,5)6)55-66-48(44-31-41(60)20-21-45(44)61)34-67(55)33-40-13-9-7-10-14-40/h7,9-10,13-14,16-23,31,34,36-37,43,46-47,54,70H,8,11-12,15,24-30,32-33,35,62H2,1-6H3,(H,63,78)(H,64,77)(H,65,73)(H,79,80)/t37-,43-,46-,47-,54-/m0/s1. The molecule has 1 aliphatic rings. The van der Waals surface area contributed by atoms with Crippen LogP contribution in [0.25, 0.3) is 11.3 Å². The maximum absolute atomic E-state index is 15.1. The second-order valence-electron chi connectivity index (χ2n) is 21.6. The van der Waals surface area contributed by atoms with Gasteiger partial charge < -0.3 is 41.4 Å². The number of halogens is 2. The van der Waals surface area contributed by atoms with Crippen LogP contribution in [0.4, 0.5) is 8.78 Å². The monoisotopic (exact) mass is 1110 g/mol. The molecule has 3 aromatic carbocycles. The lowest BCUT2D eigenvalue weighted by molar-refractivity contribution is -0.142. The zero-order valence-electron chi connectivity index (χ0n) is 46.2. The number of imide groups is 1. The molecule has 0 radical (unpaired) electrons. The van der Waals surface area contributed by atoms with Gasteiger partial charge in [0.2, 0.25) is 23.6 Å². The summed E-state index contributed by atoms with van der Waals surface area (Å²) in [6.45, 7) is 10.0. The van der Waals surface area contributed by atoms with Crippen LogP contribution in [0.2, 0.25) is 0 Å². The highest BCUT2D eigenvalue weighted by molar-refractivity contribution is 6.12. The SMILES string of the molecule is CC(C)[C@H](CC(=O)CCCCCN1C(=O)C=CC1=O)C(=O)N[C@@H](C)C(=O)Cc1ccc(C[C@H](NC(=O)CCNC(=O)[C@@H](N)CCN(C(=O)CO)[C@@H](c2nc(-c3cc(F)ccc3F)cn2Cc2ccccc2)C(C)(C)C)C(=O)O)cc1. The quantitative estimate of drug-likeness (QED) is 0.0281. The third-order valence-electron chi connectivity index (χ3n) is 13.9. The van der Waals surface area contributed by atoms with Crippen LogP contribution < -0.4 is 21.7 Å². The number of rotatable bonds is 31. The molecule has 0 spiro atoms. The fourth-order valence-corrected chi connectivity index (χ4v) is 9.35. The molecule has 0 unspecified atom stereocenters. The minimum atomic E-state index is -1.35. The van der Waals surface area contributed by atoms with Crippen LogP contribution in [0.3, 0.4) is 0 Å². The summed E-state index contributed by atoms with van der Waals surface area (Å²) in [5.41, 5.74) is 7.54. The van der Waals surface area contributed by atoms with E-state index in [1.54, 1.807) is 42.0 Å². The number of carboxylic acids is 1. The van der Waals surface area contributed by atoms with Gasteiger partial charge in [-0.2, -0.15) is 0 Å². The summed E-state index contributed by atoms with van der Waals surface area (Å²) in [7, 11) is 0. The van der Waals surface area contributed by atoms with Gasteiger partial charge in [-0.15, -0.1) is 0 Å². The second kappa shape index (κ2) is 29.4. The molecule has 5 atom stereocenters. The van der Waals surface area contributed by atoms with Crippen molar-refractivity contribution in [2.24, 2.45) is 23.0 Å². The van der Waals surface area contributed by atoms with Crippen LogP contribution in [-0.2, 0) is 62.5 Å². The van der Waals surface area contributed by atoms with Crippen molar-refractivity contribution in [1.29, 1.82) is 0 Å². The van der Waals surface area contributed by atoms with Gasteiger partial charge in [0, 0.05) is 88.1 Å². The average Bonchev–Trinajstić information content (AvgIpc) is 3.96. The van der Waals surface area contributed by atoms with Gasteiger partial charge in [0.05, 0.1) is 23.8 Å². The molecule has 0 bridgehead atoms. The lowest BCUT2D eigenvalue weighted by Gasteiger charge is -2.40. The van der Waals surface area contributed by atoms with E-state index in [9.17, 15) is 57.8 Å². The number of nitrogens with one attached hydrogen (secondary N) is 3. The maximum Gasteiger partial charge on any atom is 0.326 e. The van der Waals surface area contributed by atoms with E-state index >= 15 is 4.39 Å². The van der Waals surface area contributed by atoms with Crippen molar-refractivity contribution in [3.05, 3.63) is 125 Å². The first-order valence-electron chi connectivity index (χ1n) is 26.8. The van der Waals surface area contributed by atoms with Crippen molar-refractivity contribution in [1.82, 2.24) is 35.3 Å². The molecule has 2 heterocycles. The number of carbonyl (C=O) groups excluding carboxylic acids is 8. The van der Waals surface area contributed by atoms with E-state index in [2.05, 4.69) is 16.0 Å². The Balaban J connectivity index is 1.09. The number of aromatic nitrogens is 2. The number of carboxylic acid groups (broad SMARTS) is 1. The van der Waals surface area contributed by atoms with Crippen LogP contribution in [0, 0.1) is 28.9 Å². The molecule has 19 nitrogen and oxygen atoms in total. The highest BCUT2D eigenvalue weighted by atomic mass is 19.1. The first-order valence-corrected chi connectivity index (χ1v) is 26.8. The molecular formula is C59H74F2N8O11. The number of unbranched alkanes of at least 4 members (excludes halogenated alkanes) is 2. The van der Waals surface area contributed by atoms with Crippen molar-refractivity contribution in [3.8, 4) is 11.3 Å². The van der Waals surface area contributed by atoms with Crippen molar-refractivity contribution in [2.75, 3.05) is 26.2 Å². The maximum atomic E-state index is 15.1. The highest BCUT2D eigenvalue weighted by Crippen LogP contribution is 2.40. The molecule has 1 aromatic heterocycles. The number of hydrogen-bond donors (Lipinski definition) is 6. The molecule has 1 aliphatic heterocycles. The molecule has 5 rings (SSSR count). The van der Waals surface area contributed by atoms with E-state index in [1.165, 1.54) is 17.1 Å². The van der Waals surface area contributed by atoms with Crippen molar-refractivity contribution >= 4 is 53.0 Å². The Labute approximate surface area is 464 Å². The van der Waals surface area contributed by atoms with Crippen molar-refractivity contribution in [2.45, 2.75) is 130 Å². The van der Waals surface area contributed by atoms with Crippen LogP contribution >= 0.6 is 0 Å². The number of ketones is 2. The number of aliphatic hydroxyl groups is 1. The van der Waals surface area contributed by atoms with E-state index in [1.807, 2.05) is 65.0 Å². The van der Waals surface area contributed by atoms with Crippen LogP contribution in [-0.4, -0.2) is 127 Å². The predicted octanol–water partition coefficient (Wildman–Crippen LogP) is 5.15. The molecule has 0 saturated carbocycles. The molecule has 7 N–H and O–H groups in total. The normalized spacial score (nSPS) is 14.3. The molecule has 80 heavy (non-hydrogen) atoms. The summed E-state index contributed by atoms with van der Waals surface area (Å²) in [4.78, 5) is 122. The Morgan fingerprint density at radius 1 is 0.812 bits per heavy atom. The largest absolute Gasteiger partial charge is 0.480 e. The third-order valence-corrected chi connectivity index (χ3v) is 13.9. The number of imidazole rings is 1. The molecule has 6 amide bonds. The average molecular weight is 1110 g/mol. The van der Waals surface area contributed by atoms with Gasteiger partial charge in [-0.05, 0) is 72.4 Å². The van der Waals surface area contributed by atoms with E-state index in [0.717, 1.165) is 28.7 Å². The van der Waals surface area contributed by atoms with E-state index < -0.39 is 83.3 Å². The van der Waals surface area contributed by atoms with Gasteiger partial charge in [-0.1, -0.05) is 95.6 Å². The topological polar surface area (TPSA) is 280 Å². The number of hydrogen-bond acceptors (Lipinski definition) is 12. The number of amides is 6. The Hall–Kier alpha value is -7.78. The zero-order chi connectivity index (χ0) is 58.8. The smallest absolute Gasteiger partial charge is 0.326 e. The van der Waals surface area contributed by atoms with E-state index in [4.69, 9.17) is 10.7 Å². The molecule has 430 valence electrons. The summed E-state index contributed by atoms with van der Waals surface area (Å²) in [5, 5.41) is 28.0. The lowest BCUT2D eigenvalue weighted by atomic mass is 9.84. The highest BCUT2D eigenvalue weighted by Gasteiger charge is 2.39. The fourth-order valence-electron chi connectivity index (χ4n) is 9.35. The number of Topliss-reactive ketones (excluding diaryl/α,β-unsaturated/α-hetero) is 2. The molecule has 0 aliphatic carbocycles. The number of aliphatic carboxylic acids is 1. The van der Waals surface area contributed by atoms with Gasteiger partial charge in [-0.3, -0.25) is 43.3 Å². The number of carbonyl (C=O) groups is 9. The summed E-state index contributed by atoms with van der Waals surface area (Å²) in [6.07, 6.45) is 5.41. The Kier molecular flexibility index (Phi) is 23.2. The number of aliphatic hydroxyl groups excluding tert-OH is 1. The van der Waals surface area contributed by atoms with Gasteiger partial charge >= 0.3 is 5.97 Å². The molecule has 0 fully saturated rings. The van der Waals surface area contributed by atoms with Gasteiger partial charge in [0.25, 0.3) is 11.8 Å². The fraction of sp³-hybridized carbons (Fsp3) is 0.458. The summed E-state index contributed by atoms with van der Waals surface area (Å²) >= 11 is 0. The Morgan fingerprint density at radius 2 is 1.48 bits per heavy atom.